The van der Waals surface area contributed by atoms with Crippen LogP contribution in [0.5, 0.6) is 0 Å². The van der Waals surface area contributed by atoms with Gasteiger partial charge in [0.1, 0.15) is 6.04 Å². The van der Waals surface area contributed by atoms with E-state index in [9.17, 15) is 4.79 Å². The van der Waals surface area contributed by atoms with Crippen LogP contribution in [0.4, 0.5) is 11.4 Å². The Labute approximate surface area is 158 Å². The van der Waals surface area contributed by atoms with Crippen LogP contribution in [0.3, 0.4) is 0 Å². The van der Waals surface area contributed by atoms with E-state index in [4.69, 9.17) is 0 Å². The number of piperidine rings is 1. The molecule has 1 aromatic carbocycles. The first-order valence-corrected chi connectivity index (χ1v) is 10.3. The van der Waals surface area contributed by atoms with E-state index in [2.05, 4.69) is 45.9 Å². The first-order valence-electron chi connectivity index (χ1n) is 10.3. The van der Waals surface area contributed by atoms with E-state index >= 15 is 0 Å². The Morgan fingerprint density at radius 1 is 1.08 bits per heavy atom. The number of hydrogen-bond acceptors (Lipinski definition) is 3. The number of rotatable bonds is 7. The third-order valence-corrected chi connectivity index (χ3v) is 5.50. The van der Waals surface area contributed by atoms with Gasteiger partial charge in [0, 0.05) is 31.0 Å². The normalized spacial score (nSPS) is 18.8. The van der Waals surface area contributed by atoms with Crippen LogP contribution in [0.2, 0.25) is 0 Å². The summed E-state index contributed by atoms with van der Waals surface area (Å²) in [5.41, 5.74) is 3.79. The highest BCUT2D eigenvalue weighted by Gasteiger charge is 2.14. The van der Waals surface area contributed by atoms with E-state index in [1.807, 2.05) is 6.92 Å². The molecular weight excluding hydrogens is 322 g/mol. The van der Waals surface area contributed by atoms with Gasteiger partial charge in [-0.2, -0.15) is 0 Å². The van der Waals surface area contributed by atoms with Gasteiger partial charge in [-0.15, -0.1) is 0 Å². The molecule has 4 heteroatoms. The van der Waals surface area contributed by atoms with E-state index in [-0.39, 0.29) is 11.9 Å². The second-order valence-electron chi connectivity index (χ2n) is 7.61. The van der Waals surface area contributed by atoms with Gasteiger partial charge in [-0.25, -0.2) is 0 Å². The molecule has 0 spiro atoms. The van der Waals surface area contributed by atoms with Gasteiger partial charge in [-0.3, -0.25) is 4.79 Å². The highest BCUT2D eigenvalue weighted by Crippen LogP contribution is 2.22. The van der Waals surface area contributed by atoms with Crippen LogP contribution in [-0.4, -0.2) is 31.6 Å². The van der Waals surface area contributed by atoms with Crippen LogP contribution >= 0.6 is 0 Å². The highest BCUT2D eigenvalue weighted by molar-refractivity contribution is 5.84. The summed E-state index contributed by atoms with van der Waals surface area (Å²) in [4.78, 5) is 14.7. The van der Waals surface area contributed by atoms with Crippen molar-refractivity contribution in [3.63, 3.8) is 0 Å². The zero-order valence-corrected chi connectivity index (χ0v) is 16.1. The molecule has 0 saturated carbocycles. The zero-order chi connectivity index (χ0) is 18.2. The number of nitrogens with one attached hydrogen (secondary N) is 2. The maximum absolute atomic E-state index is 12.3. The van der Waals surface area contributed by atoms with Gasteiger partial charge in [-0.1, -0.05) is 11.6 Å². The highest BCUT2D eigenvalue weighted by atomic mass is 16.2. The van der Waals surface area contributed by atoms with Gasteiger partial charge < -0.3 is 15.5 Å². The number of amides is 1. The summed E-state index contributed by atoms with van der Waals surface area (Å²) in [5, 5.41) is 6.38. The molecule has 1 aromatic rings. The molecule has 1 amide bonds. The summed E-state index contributed by atoms with van der Waals surface area (Å²) in [7, 11) is 0. The lowest BCUT2D eigenvalue weighted by molar-refractivity contribution is -0.121. The van der Waals surface area contributed by atoms with Crippen LogP contribution in [0.1, 0.15) is 58.3 Å². The Bertz CT molecular complexity index is 602. The minimum Gasteiger partial charge on any atom is -0.374 e. The van der Waals surface area contributed by atoms with Gasteiger partial charge in [0.2, 0.25) is 5.91 Å². The van der Waals surface area contributed by atoms with Crippen LogP contribution in [0, 0.1) is 0 Å². The Morgan fingerprint density at radius 2 is 1.85 bits per heavy atom. The van der Waals surface area contributed by atoms with Crippen molar-refractivity contribution in [3.8, 4) is 0 Å². The van der Waals surface area contributed by atoms with Crippen molar-refractivity contribution in [2.45, 2.75) is 64.3 Å². The molecule has 1 fully saturated rings. The molecule has 0 bridgehead atoms. The fourth-order valence-electron chi connectivity index (χ4n) is 3.87. The van der Waals surface area contributed by atoms with Crippen molar-refractivity contribution in [2.75, 3.05) is 29.9 Å². The topological polar surface area (TPSA) is 44.4 Å². The lowest BCUT2D eigenvalue weighted by atomic mass is 9.97. The molecule has 3 rings (SSSR count). The molecule has 4 nitrogen and oxygen atoms in total. The lowest BCUT2D eigenvalue weighted by Crippen LogP contribution is -2.38. The minimum absolute atomic E-state index is 0.0708. The smallest absolute Gasteiger partial charge is 0.242 e. The number of allylic oxidation sites excluding steroid dienone is 1. The van der Waals surface area contributed by atoms with E-state index in [0.717, 1.165) is 31.7 Å². The molecule has 1 aliphatic heterocycles. The van der Waals surface area contributed by atoms with Crippen LogP contribution in [0.15, 0.2) is 35.9 Å². The minimum atomic E-state index is -0.226. The van der Waals surface area contributed by atoms with Crippen LogP contribution in [0.25, 0.3) is 0 Å². The van der Waals surface area contributed by atoms with Gasteiger partial charge in [0.25, 0.3) is 0 Å². The molecule has 1 atom stereocenters. The third-order valence-electron chi connectivity index (χ3n) is 5.50. The molecule has 0 radical (unpaired) electrons. The summed E-state index contributed by atoms with van der Waals surface area (Å²) >= 11 is 0. The Morgan fingerprint density at radius 3 is 2.54 bits per heavy atom. The van der Waals surface area contributed by atoms with Crippen LogP contribution < -0.4 is 15.5 Å². The van der Waals surface area contributed by atoms with Crippen molar-refractivity contribution < 1.29 is 4.79 Å². The Hall–Kier alpha value is -1.97. The molecule has 1 heterocycles. The molecular formula is C22H33N3O. The summed E-state index contributed by atoms with van der Waals surface area (Å²) in [5.74, 6) is 0.0708. The van der Waals surface area contributed by atoms with Crippen molar-refractivity contribution in [1.82, 2.24) is 5.32 Å². The third kappa shape index (κ3) is 5.52. The Kier molecular flexibility index (Phi) is 6.98. The molecule has 142 valence electrons. The summed E-state index contributed by atoms with van der Waals surface area (Å²) in [6, 6.07) is 8.26. The first-order chi connectivity index (χ1) is 12.7. The number of anilines is 2. The van der Waals surface area contributed by atoms with E-state index in [1.54, 1.807) is 0 Å². The fraction of sp³-hybridized carbons (Fsp3) is 0.591. The molecule has 1 saturated heterocycles. The second-order valence-corrected chi connectivity index (χ2v) is 7.61. The predicted octanol–water partition coefficient (Wildman–Crippen LogP) is 4.48. The standard InChI is InChI=1S/C22H33N3O/c1-18(22(26)23-15-14-19-8-4-2-5-9-19)24-20-10-12-21(13-11-20)25-16-6-3-7-17-25/h8,10-13,18,24H,2-7,9,14-17H2,1H3,(H,23,26). The van der Waals surface area contributed by atoms with E-state index < -0.39 is 0 Å². The molecule has 1 aliphatic carbocycles. The van der Waals surface area contributed by atoms with Crippen molar-refractivity contribution in [1.29, 1.82) is 0 Å². The maximum atomic E-state index is 12.3. The quantitative estimate of drug-likeness (QED) is 0.709. The lowest BCUT2D eigenvalue weighted by Gasteiger charge is -2.29. The number of nitrogens with zero attached hydrogens (tertiary/aromatic N) is 1. The maximum Gasteiger partial charge on any atom is 0.242 e. The van der Waals surface area contributed by atoms with Gasteiger partial charge in [-0.05, 0) is 82.6 Å². The van der Waals surface area contributed by atoms with Gasteiger partial charge in [0.05, 0.1) is 0 Å². The van der Waals surface area contributed by atoms with Crippen LogP contribution in [-0.2, 0) is 4.79 Å². The molecule has 0 aromatic heterocycles. The van der Waals surface area contributed by atoms with E-state index in [0.29, 0.717) is 0 Å². The number of benzene rings is 1. The molecule has 26 heavy (non-hydrogen) atoms. The number of carbonyl (C=O) groups excluding carboxylic acids is 1. The van der Waals surface area contributed by atoms with Crippen molar-refractivity contribution >= 4 is 17.3 Å². The predicted molar refractivity (Wildman–Crippen MR) is 110 cm³/mol. The largest absolute Gasteiger partial charge is 0.374 e. The summed E-state index contributed by atoms with van der Waals surface area (Å²) < 4.78 is 0. The molecule has 2 N–H and O–H groups in total. The average Bonchev–Trinajstić information content (AvgIpc) is 2.70. The number of carbonyl (C=O) groups is 1. The number of hydrogen-bond donors (Lipinski definition) is 2. The van der Waals surface area contributed by atoms with E-state index in [1.165, 1.54) is 56.2 Å². The first kappa shape index (κ1) is 18.8. The summed E-state index contributed by atoms with van der Waals surface area (Å²) in [6.07, 6.45) is 12.3. The summed E-state index contributed by atoms with van der Waals surface area (Å²) in [6.45, 7) is 4.97. The fourth-order valence-corrected chi connectivity index (χ4v) is 3.87. The molecule has 2 aliphatic rings. The zero-order valence-electron chi connectivity index (χ0n) is 16.1. The average molecular weight is 356 g/mol. The van der Waals surface area contributed by atoms with Crippen molar-refractivity contribution in [3.05, 3.63) is 35.9 Å². The molecule has 1 unspecified atom stereocenters. The SMILES string of the molecule is CC(Nc1ccc(N2CCCCC2)cc1)C(=O)NCCC1=CCCCC1. The van der Waals surface area contributed by atoms with Gasteiger partial charge >= 0.3 is 0 Å². The van der Waals surface area contributed by atoms with Crippen molar-refractivity contribution in [2.24, 2.45) is 0 Å². The second kappa shape index (κ2) is 9.65. The Balaban J connectivity index is 1.42. The van der Waals surface area contributed by atoms with Gasteiger partial charge in [0.15, 0.2) is 0 Å². The monoisotopic (exact) mass is 355 g/mol.